The Kier molecular flexibility index (Phi) is 7.30. The van der Waals surface area contributed by atoms with Gasteiger partial charge >= 0.3 is 0 Å². The summed E-state index contributed by atoms with van der Waals surface area (Å²) in [6.07, 6.45) is 1.33. The molecular formula is C27H23F2N3O3. The Bertz CT molecular complexity index is 1320. The summed E-state index contributed by atoms with van der Waals surface area (Å²) < 4.78 is 33.4. The molecule has 0 radical (unpaired) electrons. The van der Waals surface area contributed by atoms with Crippen molar-refractivity contribution in [1.82, 2.24) is 10.3 Å². The molecule has 0 saturated heterocycles. The third-order valence-corrected chi connectivity index (χ3v) is 5.42. The largest absolute Gasteiger partial charge is 0.441 e. The fraction of sp³-hybridized carbons (Fsp3) is 0.148. The molecule has 2 N–H and O–H groups in total. The third-order valence-electron chi connectivity index (χ3n) is 5.42. The molecule has 2 amide bonds. The molecule has 3 aromatic carbocycles. The van der Waals surface area contributed by atoms with Crippen molar-refractivity contribution < 1.29 is 22.8 Å². The van der Waals surface area contributed by atoms with E-state index in [2.05, 4.69) is 15.6 Å². The Morgan fingerprint density at radius 2 is 1.63 bits per heavy atom. The van der Waals surface area contributed by atoms with Crippen LogP contribution in [-0.2, 0) is 11.2 Å². The lowest BCUT2D eigenvalue weighted by Gasteiger charge is -2.16. The van der Waals surface area contributed by atoms with E-state index < -0.39 is 11.6 Å². The van der Waals surface area contributed by atoms with Crippen LogP contribution in [0.5, 0.6) is 0 Å². The topological polar surface area (TPSA) is 84.2 Å². The minimum Gasteiger partial charge on any atom is -0.441 e. The van der Waals surface area contributed by atoms with E-state index >= 15 is 0 Å². The molecule has 0 spiro atoms. The van der Waals surface area contributed by atoms with Crippen LogP contribution in [0.4, 0.5) is 14.5 Å². The number of rotatable bonds is 8. The normalized spacial score (nSPS) is 11.6. The van der Waals surface area contributed by atoms with Crippen LogP contribution >= 0.6 is 0 Å². The van der Waals surface area contributed by atoms with Crippen molar-refractivity contribution in [3.63, 3.8) is 0 Å². The number of hydrogen-bond acceptors (Lipinski definition) is 4. The van der Waals surface area contributed by atoms with Gasteiger partial charge in [-0.05, 0) is 36.8 Å². The predicted octanol–water partition coefficient (Wildman–Crippen LogP) is 5.68. The van der Waals surface area contributed by atoms with Crippen LogP contribution in [0.1, 0.15) is 41.2 Å². The molecule has 1 atom stereocenters. The lowest BCUT2D eigenvalue weighted by Crippen LogP contribution is -2.28. The highest BCUT2D eigenvalue weighted by molar-refractivity contribution is 6.03. The molecule has 0 aliphatic rings. The molecule has 8 heteroatoms. The smallest absolute Gasteiger partial charge is 0.253 e. The Hall–Kier alpha value is -4.33. The molecule has 0 fully saturated rings. The van der Waals surface area contributed by atoms with Crippen LogP contribution < -0.4 is 10.6 Å². The van der Waals surface area contributed by atoms with Crippen LogP contribution in [0.15, 0.2) is 83.4 Å². The van der Waals surface area contributed by atoms with Gasteiger partial charge in [0.05, 0.1) is 29.1 Å². The number of anilines is 1. The van der Waals surface area contributed by atoms with Crippen LogP contribution in [0.3, 0.4) is 0 Å². The van der Waals surface area contributed by atoms with Crippen molar-refractivity contribution in [2.45, 2.75) is 25.8 Å². The molecule has 1 aromatic heterocycles. The van der Waals surface area contributed by atoms with Crippen molar-refractivity contribution in [2.24, 2.45) is 0 Å². The highest BCUT2D eigenvalue weighted by Gasteiger charge is 2.18. The van der Waals surface area contributed by atoms with Gasteiger partial charge in [-0.1, -0.05) is 48.5 Å². The first-order valence-corrected chi connectivity index (χ1v) is 11.1. The number of halogens is 2. The highest BCUT2D eigenvalue weighted by atomic mass is 19.1. The molecule has 0 saturated carbocycles. The summed E-state index contributed by atoms with van der Waals surface area (Å²) in [5, 5.41) is 5.68. The predicted molar refractivity (Wildman–Crippen MR) is 128 cm³/mol. The van der Waals surface area contributed by atoms with E-state index in [1.807, 2.05) is 37.3 Å². The van der Waals surface area contributed by atoms with Crippen LogP contribution in [0.25, 0.3) is 11.3 Å². The highest BCUT2D eigenvalue weighted by Crippen LogP contribution is 2.27. The lowest BCUT2D eigenvalue weighted by atomic mass is 10.1. The molecule has 0 aliphatic carbocycles. The zero-order valence-corrected chi connectivity index (χ0v) is 18.9. The van der Waals surface area contributed by atoms with Crippen LogP contribution in [0, 0.1) is 11.6 Å². The van der Waals surface area contributed by atoms with Gasteiger partial charge in [0.15, 0.2) is 11.7 Å². The van der Waals surface area contributed by atoms with Crippen molar-refractivity contribution in [3.05, 3.63) is 108 Å². The zero-order chi connectivity index (χ0) is 24.8. The molecule has 4 aromatic rings. The van der Waals surface area contributed by atoms with Crippen molar-refractivity contribution in [1.29, 1.82) is 0 Å². The van der Waals surface area contributed by atoms with E-state index in [0.29, 0.717) is 11.3 Å². The van der Waals surface area contributed by atoms with E-state index in [9.17, 15) is 18.4 Å². The number of carbonyl (C=O) groups excluding carboxylic acids is 2. The first-order valence-electron chi connectivity index (χ1n) is 11.1. The molecule has 178 valence electrons. The summed E-state index contributed by atoms with van der Waals surface area (Å²) in [7, 11) is 0. The summed E-state index contributed by atoms with van der Waals surface area (Å²) in [6.45, 7) is 1.88. The molecule has 1 unspecified atom stereocenters. The number of nitrogens with one attached hydrogen (secondary N) is 2. The minimum absolute atomic E-state index is 0.00389. The van der Waals surface area contributed by atoms with Gasteiger partial charge in [0, 0.05) is 12.8 Å². The third kappa shape index (κ3) is 5.78. The maximum atomic E-state index is 14.0. The first kappa shape index (κ1) is 23.8. The fourth-order valence-electron chi connectivity index (χ4n) is 3.60. The maximum Gasteiger partial charge on any atom is 0.253 e. The average molecular weight is 475 g/mol. The Labute approximate surface area is 201 Å². The number of carbonyl (C=O) groups is 2. The first-order chi connectivity index (χ1) is 16.9. The van der Waals surface area contributed by atoms with Crippen molar-refractivity contribution in [3.8, 4) is 11.3 Å². The number of aromatic nitrogens is 1. The number of aryl methyl sites for hydroxylation is 1. The Morgan fingerprint density at radius 3 is 2.37 bits per heavy atom. The van der Waals surface area contributed by atoms with E-state index in [0.717, 1.165) is 17.7 Å². The summed E-state index contributed by atoms with van der Waals surface area (Å²) in [5.74, 6) is -2.09. The van der Waals surface area contributed by atoms with Gasteiger partial charge in [0.2, 0.25) is 5.91 Å². The molecule has 35 heavy (non-hydrogen) atoms. The van der Waals surface area contributed by atoms with Gasteiger partial charge in [-0.15, -0.1) is 0 Å². The average Bonchev–Trinajstić information content (AvgIpc) is 3.32. The van der Waals surface area contributed by atoms with Gasteiger partial charge in [-0.2, -0.15) is 0 Å². The van der Waals surface area contributed by atoms with E-state index in [1.54, 1.807) is 24.3 Å². The van der Waals surface area contributed by atoms with E-state index in [1.165, 1.54) is 12.3 Å². The minimum atomic E-state index is -0.762. The number of hydrogen-bond donors (Lipinski definition) is 2. The summed E-state index contributed by atoms with van der Waals surface area (Å²) in [6, 6.07) is 19.6. The molecule has 6 nitrogen and oxygen atoms in total. The number of para-hydroxylation sites is 1. The summed E-state index contributed by atoms with van der Waals surface area (Å²) in [5.41, 5.74) is 1.36. The Morgan fingerprint density at radius 1 is 0.943 bits per heavy atom. The maximum absolute atomic E-state index is 14.0. The number of amides is 2. The number of oxazole rings is 1. The lowest BCUT2D eigenvalue weighted by molar-refractivity contribution is -0.116. The fourth-order valence-corrected chi connectivity index (χ4v) is 3.60. The quantitative estimate of drug-likeness (QED) is 0.343. The molecule has 4 rings (SSSR count). The molecule has 0 bridgehead atoms. The van der Waals surface area contributed by atoms with Gasteiger partial charge in [-0.25, -0.2) is 13.8 Å². The van der Waals surface area contributed by atoms with E-state index in [4.69, 9.17) is 4.42 Å². The Balaban J connectivity index is 1.38. The number of nitrogens with zero attached hydrogens (tertiary/aromatic N) is 1. The van der Waals surface area contributed by atoms with Crippen molar-refractivity contribution in [2.75, 3.05) is 5.32 Å². The standard InChI is InChI=1S/C27H23F2N3O3/c1-17(18-8-3-2-4-9-18)31-27(34)19-10-5-6-13-22(19)32-24(33)14-15-25-30-16-23(35-25)26-20(28)11-7-12-21(26)29/h2-13,16-17H,14-15H2,1H3,(H,31,34)(H,32,33). The van der Waals surface area contributed by atoms with Gasteiger partial charge in [-0.3, -0.25) is 9.59 Å². The van der Waals surface area contributed by atoms with Gasteiger partial charge < -0.3 is 15.1 Å². The second-order valence-electron chi connectivity index (χ2n) is 7.91. The molecular weight excluding hydrogens is 452 g/mol. The second-order valence-corrected chi connectivity index (χ2v) is 7.91. The van der Waals surface area contributed by atoms with Crippen molar-refractivity contribution >= 4 is 17.5 Å². The molecule has 0 aliphatic heterocycles. The van der Waals surface area contributed by atoms with Gasteiger partial charge in [0.1, 0.15) is 11.6 Å². The molecule has 1 heterocycles. The summed E-state index contributed by atoms with van der Waals surface area (Å²) in [4.78, 5) is 29.4. The SMILES string of the molecule is CC(NC(=O)c1ccccc1NC(=O)CCc1ncc(-c2c(F)cccc2F)o1)c1ccccc1. The van der Waals surface area contributed by atoms with Crippen LogP contribution in [0.2, 0.25) is 0 Å². The van der Waals surface area contributed by atoms with Gasteiger partial charge in [0.25, 0.3) is 5.91 Å². The number of benzene rings is 3. The second kappa shape index (κ2) is 10.7. The zero-order valence-electron chi connectivity index (χ0n) is 18.9. The summed E-state index contributed by atoms with van der Waals surface area (Å²) >= 11 is 0. The monoisotopic (exact) mass is 475 g/mol. The van der Waals surface area contributed by atoms with Crippen LogP contribution in [-0.4, -0.2) is 16.8 Å². The van der Waals surface area contributed by atoms with E-state index in [-0.39, 0.29) is 47.9 Å².